The normalized spacial score (nSPS) is 37.1. The second-order valence-corrected chi connectivity index (χ2v) is 10.9. The number of carbonyl (C=O) groups is 1. The summed E-state index contributed by atoms with van der Waals surface area (Å²) in [5.41, 5.74) is 0. The monoisotopic (exact) mass is 240 g/mol. The van der Waals surface area contributed by atoms with Gasteiger partial charge in [-0.05, 0) is 5.92 Å². The molecule has 1 heterocycles. The first-order chi connectivity index (χ1) is 7.64. The second kappa shape index (κ2) is 3.86. The van der Waals surface area contributed by atoms with Crippen molar-refractivity contribution in [1.29, 1.82) is 0 Å². The Hall–Kier alpha value is -0.313. The number of cyclic esters (lactones) is 1. The van der Waals surface area contributed by atoms with Gasteiger partial charge < -0.3 is 4.74 Å². The molecular formula is C13H24O2Si. The van der Waals surface area contributed by atoms with Crippen LogP contribution in [0.4, 0.5) is 0 Å². The fourth-order valence-corrected chi connectivity index (χ4v) is 10.6. The molecule has 2 rings (SSSR count). The minimum absolute atomic E-state index is 0.0278. The summed E-state index contributed by atoms with van der Waals surface area (Å²) in [6, 6.07) is 3.71. The summed E-state index contributed by atoms with van der Waals surface area (Å²) in [5.74, 6) is 1.40. The molecule has 16 heavy (non-hydrogen) atoms. The average molecular weight is 240 g/mol. The maximum absolute atomic E-state index is 12.2. The summed E-state index contributed by atoms with van der Waals surface area (Å²) >= 11 is 0. The topological polar surface area (TPSA) is 26.3 Å². The molecule has 2 aliphatic rings. The van der Waals surface area contributed by atoms with Crippen molar-refractivity contribution in [2.45, 2.75) is 57.3 Å². The van der Waals surface area contributed by atoms with Gasteiger partial charge in [-0.2, -0.15) is 0 Å². The first-order valence-corrected chi connectivity index (χ1v) is 9.43. The summed E-state index contributed by atoms with van der Waals surface area (Å²) in [7, 11) is -1.46. The van der Waals surface area contributed by atoms with Gasteiger partial charge in [0, 0.05) is 5.92 Å². The van der Waals surface area contributed by atoms with Crippen molar-refractivity contribution in [3.05, 3.63) is 0 Å². The molecule has 0 aromatic heterocycles. The predicted molar refractivity (Wildman–Crippen MR) is 68.1 cm³/mol. The van der Waals surface area contributed by atoms with Gasteiger partial charge in [0.15, 0.2) is 0 Å². The minimum atomic E-state index is -1.46. The molecule has 1 saturated carbocycles. The van der Waals surface area contributed by atoms with Crippen molar-refractivity contribution in [2.75, 3.05) is 6.61 Å². The smallest absolute Gasteiger partial charge is 0.310 e. The molecule has 0 bridgehead atoms. The highest BCUT2D eigenvalue weighted by atomic mass is 28.3. The van der Waals surface area contributed by atoms with E-state index >= 15 is 0 Å². The number of carbonyl (C=O) groups excluding carboxylic acids is 1. The van der Waals surface area contributed by atoms with Gasteiger partial charge in [0.25, 0.3) is 0 Å². The third-order valence-corrected chi connectivity index (χ3v) is 12.4. The SMILES string of the molecule is CC[C@@H]1[C@@H]2COC(=O)[C@]12[Si](CC)(CC)CC. The van der Waals surface area contributed by atoms with E-state index in [0.717, 1.165) is 6.42 Å². The van der Waals surface area contributed by atoms with E-state index in [1.807, 2.05) is 0 Å². The zero-order valence-electron chi connectivity index (χ0n) is 11.0. The maximum Gasteiger partial charge on any atom is 0.310 e. The van der Waals surface area contributed by atoms with Gasteiger partial charge in [-0.1, -0.05) is 52.2 Å². The summed E-state index contributed by atoms with van der Waals surface area (Å²) in [6.07, 6.45) is 1.16. The Bertz CT molecular complexity index is 284. The Morgan fingerprint density at radius 3 is 2.19 bits per heavy atom. The molecule has 2 nitrogen and oxygen atoms in total. The van der Waals surface area contributed by atoms with E-state index < -0.39 is 8.07 Å². The lowest BCUT2D eigenvalue weighted by Gasteiger charge is -2.35. The van der Waals surface area contributed by atoms with Crippen LogP contribution in [-0.4, -0.2) is 20.7 Å². The molecule has 0 radical (unpaired) electrons. The standard InChI is InChI=1S/C13H24O2Si/c1-5-10-11-9-15-12(14)13(10,11)16(6-2,7-3)8-4/h10-11H,5-9H2,1-4H3/t10-,11+,13+/m1/s1. The molecular weight excluding hydrogens is 216 g/mol. The van der Waals surface area contributed by atoms with Crippen LogP contribution in [-0.2, 0) is 9.53 Å². The van der Waals surface area contributed by atoms with E-state index in [-0.39, 0.29) is 11.0 Å². The van der Waals surface area contributed by atoms with Crippen molar-refractivity contribution in [3.8, 4) is 0 Å². The highest BCUT2D eigenvalue weighted by Gasteiger charge is 2.80. The maximum atomic E-state index is 12.2. The summed E-state index contributed by atoms with van der Waals surface area (Å²) in [5, 5.41) is 0.0278. The summed E-state index contributed by atoms with van der Waals surface area (Å²) < 4.78 is 5.36. The van der Waals surface area contributed by atoms with Gasteiger partial charge in [0.2, 0.25) is 0 Å². The number of ether oxygens (including phenoxy) is 1. The van der Waals surface area contributed by atoms with Gasteiger partial charge in [0.1, 0.15) is 0 Å². The number of fused-ring (bicyclic) bond motifs is 1. The van der Waals surface area contributed by atoms with E-state index in [1.165, 1.54) is 18.1 Å². The van der Waals surface area contributed by atoms with Crippen LogP contribution in [0, 0.1) is 11.8 Å². The number of esters is 1. The molecule has 1 saturated heterocycles. The molecule has 1 aliphatic heterocycles. The van der Waals surface area contributed by atoms with E-state index in [1.54, 1.807) is 0 Å². The van der Waals surface area contributed by atoms with Crippen LogP contribution in [0.1, 0.15) is 34.1 Å². The molecule has 0 spiro atoms. The molecule has 0 aromatic rings. The fraction of sp³-hybridized carbons (Fsp3) is 0.923. The van der Waals surface area contributed by atoms with Crippen molar-refractivity contribution in [3.63, 3.8) is 0 Å². The Morgan fingerprint density at radius 2 is 1.81 bits per heavy atom. The van der Waals surface area contributed by atoms with E-state index in [0.29, 0.717) is 18.4 Å². The zero-order valence-corrected chi connectivity index (χ0v) is 12.0. The van der Waals surface area contributed by atoms with Gasteiger partial charge in [-0.15, -0.1) is 0 Å². The minimum Gasteiger partial charge on any atom is -0.465 e. The average Bonchev–Trinajstić information content (AvgIpc) is 2.87. The van der Waals surface area contributed by atoms with Gasteiger partial charge >= 0.3 is 5.97 Å². The fourth-order valence-electron chi connectivity index (χ4n) is 4.61. The van der Waals surface area contributed by atoms with Crippen molar-refractivity contribution in [1.82, 2.24) is 0 Å². The quantitative estimate of drug-likeness (QED) is 0.543. The van der Waals surface area contributed by atoms with Crippen LogP contribution in [0.15, 0.2) is 0 Å². The van der Waals surface area contributed by atoms with Crippen molar-refractivity contribution < 1.29 is 9.53 Å². The van der Waals surface area contributed by atoms with E-state index in [9.17, 15) is 4.79 Å². The Balaban J connectivity index is 2.39. The number of hydrogen-bond donors (Lipinski definition) is 0. The first kappa shape index (κ1) is 12.2. The third kappa shape index (κ3) is 1.10. The predicted octanol–water partition coefficient (Wildman–Crippen LogP) is 3.45. The third-order valence-electron chi connectivity index (χ3n) is 5.63. The molecule has 92 valence electrons. The van der Waals surface area contributed by atoms with Crippen molar-refractivity contribution >= 4 is 14.0 Å². The molecule has 1 aliphatic carbocycles. The van der Waals surface area contributed by atoms with Crippen LogP contribution in [0.2, 0.25) is 23.2 Å². The lowest BCUT2D eigenvalue weighted by molar-refractivity contribution is -0.141. The lowest BCUT2D eigenvalue weighted by Crippen LogP contribution is -2.44. The summed E-state index contributed by atoms with van der Waals surface area (Å²) in [4.78, 5) is 12.2. The van der Waals surface area contributed by atoms with E-state index in [4.69, 9.17) is 4.74 Å². The molecule has 3 heteroatoms. The first-order valence-electron chi connectivity index (χ1n) is 6.81. The lowest BCUT2D eigenvalue weighted by atomic mass is 10.2. The van der Waals surface area contributed by atoms with Crippen LogP contribution in [0.25, 0.3) is 0 Å². The van der Waals surface area contributed by atoms with Crippen LogP contribution >= 0.6 is 0 Å². The summed E-state index contributed by atoms with van der Waals surface area (Å²) in [6.45, 7) is 9.83. The van der Waals surface area contributed by atoms with Crippen LogP contribution in [0.5, 0.6) is 0 Å². The Morgan fingerprint density at radius 1 is 1.25 bits per heavy atom. The van der Waals surface area contributed by atoms with E-state index in [2.05, 4.69) is 27.7 Å². The van der Waals surface area contributed by atoms with Gasteiger partial charge in [0.05, 0.1) is 19.7 Å². The van der Waals surface area contributed by atoms with Crippen LogP contribution in [0.3, 0.4) is 0 Å². The molecule has 0 aromatic carbocycles. The number of hydrogen-bond acceptors (Lipinski definition) is 2. The zero-order chi connectivity index (χ0) is 12.0. The highest BCUT2D eigenvalue weighted by molar-refractivity contribution is 6.86. The molecule has 0 N–H and O–H groups in total. The Labute approximate surface area is 99.8 Å². The Kier molecular flexibility index (Phi) is 2.93. The molecule has 0 amide bonds. The van der Waals surface area contributed by atoms with Gasteiger partial charge in [-0.25, -0.2) is 0 Å². The largest absolute Gasteiger partial charge is 0.465 e. The molecule has 0 unspecified atom stereocenters. The van der Waals surface area contributed by atoms with Crippen LogP contribution < -0.4 is 0 Å². The highest BCUT2D eigenvalue weighted by Crippen LogP contribution is 2.77. The molecule has 3 atom stereocenters. The second-order valence-electron chi connectivity index (χ2n) is 5.43. The molecule has 2 fully saturated rings. The van der Waals surface area contributed by atoms with Crippen molar-refractivity contribution in [2.24, 2.45) is 11.8 Å². The number of rotatable bonds is 5. The van der Waals surface area contributed by atoms with Gasteiger partial charge in [-0.3, -0.25) is 4.79 Å².